The Hall–Kier alpha value is 0.518. The van der Waals surface area contributed by atoms with Crippen molar-refractivity contribution in [2.24, 2.45) is 5.92 Å². The molecule has 1 heterocycles. The summed E-state index contributed by atoms with van der Waals surface area (Å²) in [7, 11) is 0. The molecule has 2 heteroatoms. The second-order valence-electron chi connectivity index (χ2n) is 1.97. The molecule has 0 amide bonds. The average Bonchev–Trinajstić information content (AvgIpc) is 2.14. The van der Waals surface area contributed by atoms with E-state index in [1.807, 2.05) is 16.9 Å². The standard InChI is InChI=1S/C5H11AsO/c6-3-5-1-2-7-4-5/h5H,1-4,6H2. The summed E-state index contributed by atoms with van der Waals surface area (Å²) in [5, 5.41) is 1.35. The number of hydrogen-bond donors (Lipinski definition) is 0. The molecule has 2 atom stereocenters. The molecular formula is C5H11AsO. The quantitative estimate of drug-likeness (QED) is 0.496. The van der Waals surface area contributed by atoms with E-state index in [2.05, 4.69) is 0 Å². The Morgan fingerprint density at radius 1 is 1.71 bits per heavy atom. The zero-order valence-electron chi connectivity index (χ0n) is 4.39. The van der Waals surface area contributed by atoms with Gasteiger partial charge in [0.1, 0.15) is 0 Å². The van der Waals surface area contributed by atoms with Crippen LogP contribution in [0.15, 0.2) is 0 Å². The minimum atomic E-state index is 0.903. The predicted molar refractivity (Wildman–Crippen MR) is 32.3 cm³/mol. The first-order valence-electron chi connectivity index (χ1n) is 2.71. The molecule has 1 rings (SSSR count). The van der Waals surface area contributed by atoms with Gasteiger partial charge >= 0.3 is 52.4 Å². The SMILES string of the molecule is [AsH2]CC1CCOC1. The monoisotopic (exact) mass is 162 g/mol. The van der Waals surface area contributed by atoms with Crippen molar-refractivity contribution in [3.8, 4) is 0 Å². The fourth-order valence-electron chi connectivity index (χ4n) is 0.769. The Morgan fingerprint density at radius 2 is 2.57 bits per heavy atom. The Labute approximate surface area is 52.9 Å². The molecule has 0 aromatic heterocycles. The Bertz CT molecular complexity index is 50.0. The number of rotatable bonds is 1. The van der Waals surface area contributed by atoms with Gasteiger partial charge in [0.25, 0.3) is 0 Å². The molecule has 1 aliphatic rings. The van der Waals surface area contributed by atoms with Crippen LogP contribution in [0.3, 0.4) is 0 Å². The summed E-state index contributed by atoms with van der Waals surface area (Å²) in [6, 6.07) is 0. The molecule has 0 spiro atoms. The minimum absolute atomic E-state index is 0.903. The molecule has 0 aromatic carbocycles. The molecule has 42 valence electrons. The molecule has 0 aromatic rings. The number of hydrogen-bond acceptors (Lipinski definition) is 1. The fourth-order valence-corrected chi connectivity index (χ4v) is 1.55. The van der Waals surface area contributed by atoms with Crippen LogP contribution in [-0.2, 0) is 4.74 Å². The van der Waals surface area contributed by atoms with Crippen LogP contribution in [-0.4, -0.2) is 30.1 Å². The van der Waals surface area contributed by atoms with Gasteiger partial charge in [-0.15, -0.1) is 0 Å². The van der Waals surface area contributed by atoms with Crippen molar-refractivity contribution in [3.63, 3.8) is 0 Å². The summed E-state index contributed by atoms with van der Waals surface area (Å²) in [5.74, 6) is 0.903. The molecule has 1 saturated heterocycles. The Morgan fingerprint density at radius 3 is 2.86 bits per heavy atom. The number of ether oxygens (including phenoxy) is 1. The summed E-state index contributed by atoms with van der Waals surface area (Å²) >= 11 is 1.83. The first-order valence-corrected chi connectivity index (χ1v) is 4.42. The van der Waals surface area contributed by atoms with E-state index < -0.39 is 0 Å². The second kappa shape index (κ2) is 2.74. The van der Waals surface area contributed by atoms with Crippen LogP contribution < -0.4 is 0 Å². The van der Waals surface area contributed by atoms with Crippen LogP contribution in [0.5, 0.6) is 0 Å². The molecular weight excluding hydrogens is 151 g/mol. The summed E-state index contributed by atoms with van der Waals surface area (Å²) in [5.41, 5.74) is 0. The van der Waals surface area contributed by atoms with Crippen molar-refractivity contribution < 1.29 is 4.74 Å². The Kier molecular flexibility index (Phi) is 2.21. The molecule has 2 unspecified atom stereocenters. The van der Waals surface area contributed by atoms with E-state index in [1.165, 1.54) is 11.6 Å². The van der Waals surface area contributed by atoms with E-state index in [0.29, 0.717) is 0 Å². The average molecular weight is 162 g/mol. The van der Waals surface area contributed by atoms with Gasteiger partial charge in [-0.2, -0.15) is 0 Å². The topological polar surface area (TPSA) is 9.23 Å². The normalized spacial score (nSPS) is 31.3. The van der Waals surface area contributed by atoms with E-state index in [-0.39, 0.29) is 0 Å². The molecule has 0 saturated carbocycles. The summed E-state index contributed by atoms with van der Waals surface area (Å²) < 4.78 is 5.16. The van der Waals surface area contributed by atoms with Crippen LogP contribution in [0, 0.1) is 5.92 Å². The Balaban J connectivity index is 2.14. The van der Waals surface area contributed by atoms with Crippen LogP contribution in [0.2, 0.25) is 5.21 Å². The van der Waals surface area contributed by atoms with Gasteiger partial charge in [0.05, 0.1) is 0 Å². The molecule has 1 nitrogen and oxygen atoms in total. The van der Waals surface area contributed by atoms with Crippen molar-refractivity contribution in [1.82, 2.24) is 0 Å². The van der Waals surface area contributed by atoms with Crippen molar-refractivity contribution in [1.29, 1.82) is 0 Å². The third-order valence-electron chi connectivity index (χ3n) is 1.36. The van der Waals surface area contributed by atoms with E-state index in [9.17, 15) is 0 Å². The van der Waals surface area contributed by atoms with Gasteiger partial charge in [-0.05, 0) is 0 Å². The van der Waals surface area contributed by atoms with Gasteiger partial charge in [-0.25, -0.2) is 0 Å². The summed E-state index contributed by atoms with van der Waals surface area (Å²) in [4.78, 5) is 0. The molecule has 1 fully saturated rings. The van der Waals surface area contributed by atoms with Gasteiger partial charge in [-0.3, -0.25) is 0 Å². The molecule has 0 aliphatic carbocycles. The van der Waals surface area contributed by atoms with E-state index in [0.717, 1.165) is 19.1 Å². The van der Waals surface area contributed by atoms with Gasteiger partial charge in [-0.1, -0.05) is 0 Å². The van der Waals surface area contributed by atoms with Crippen LogP contribution in [0.4, 0.5) is 0 Å². The fraction of sp³-hybridized carbons (Fsp3) is 1.00. The van der Waals surface area contributed by atoms with E-state index >= 15 is 0 Å². The third kappa shape index (κ3) is 1.47. The third-order valence-corrected chi connectivity index (χ3v) is 2.76. The molecule has 0 N–H and O–H groups in total. The van der Waals surface area contributed by atoms with Gasteiger partial charge in [0.15, 0.2) is 0 Å². The van der Waals surface area contributed by atoms with Crippen molar-refractivity contribution >= 4 is 16.9 Å². The van der Waals surface area contributed by atoms with Gasteiger partial charge < -0.3 is 0 Å². The van der Waals surface area contributed by atoms with Gasteiger partial charge in [0.2, 0.25) is 0 Å². The first kappa shape index (κ1) is 5.65. The first-order chi connectivity index (χ1) is 3.43. The van der Waals surface area contributed by atoms with Crippen molar-refractivity contribution in [2.45, 2.75) is 11.6 Å². The van der Waals surface area contributed by atoms with Crippen molar-refractivity contribution in [2.75, 3.05) is 13.2 Å². The summed E-state index contributed by atoms with van der Waals surface area (Å²) in [6.07, 6.45) is 1.30. The van der Waals surface area contributed by atoms with Gasteiger partial charge in [0, 0.05) is 0 Å². The molecule has 1 aliphatic heterocycles. The zero-order chi connectivity index (χ0) is 5.11. The maximum atomic E-state index is 5.16. The predicted octanol–water partition coefficient (Wildman–Crippen LogP) is 0.0743. The molecule has 0 radical (unpaired) electrons. The van der Waals surface area contributed by atoms with E-state index in [4.69, 9.17) is 4.74 Å². The van der Waals surface area contributed by atoms with Crippen LogP contribution in [0.1, 0.15) is 6.42 Å². The zero-order valence-corrected chi connectivity index (χ0v) is 6.81. The molecule has 7 heavy (non-hydrogen) atoms. The maximum absolute atomic E-state index is 5.16. The molecule has 0 bridgehead atoms. The van der Waals surface area contributed by atoms with Crippen LogP contribution in [0.25, 0.3) is 0 Å². The summed E-state index contributed by atoms with van der Waals surface area (Å²) in [6.45, 7) is 2.03. The van der Waals surface area contributed by atoms with E-state index in [1.54, 1.807) is 0 Å². The second-order valence-corrected chi connectivity index (χ2v) is 2.95. The van der Waals surface area contributed by atoms with Crippen LogP contribution >= 0.6 is 0 Å². The van der Waals surface area contributed by atoms with Crippen molar-refractivity contribution in [3.05, 3.63) is 0 Å².